The first-order valence-electron chi connectivity index (χ1n) is 6.55. The Hall–Kier alpha value is -1.48. The van der Waals surface area contributed by atoms with Gasteiger partial charge in [0.05, 0.1) is 10.8 Å². The highest BCUT2D eigenvalue weighted by Gasteiger charge is 2.06. The summed E-state index contributed by atoms with van der Waals surface area (Å²) in [6, 6.07) is 13.9. The molecule has 0 N–H and O–H groups in total. The van der Waals surface area contributed by atoms with E-state index in [4.69, 9.17) is 0 Å². The van der Waals surface area contributed by atoms with Crippen molar-refractivity contribution in [2.75, 3.05) is 5.75 Å². The molecule has 3 heteroatoms. The van der Waals surface area contributed by atoms with Gasteiger partial charge in [-0.15, -0.1) is 0 Å². The second kappa shape index (κ2) is 6.62. The molecule has 100 valence electrons. The number of aromatic nitrogens is 1. The Morgan fingerprint density at radius 2 is 1.84 bits per heavy atom. The van der Waals surface area contributed by atoms with Gasteiger partial charge < -0.3 is 0 Å². The molecule has 0 aliphatic heterocycles. The monoisotopic (exact) mass is 273 g/mol. The van der Waals surface area contributed by atoms with Crippen LogP contribution in [0, 0.1) is 0 Å². The van der Waals surface area contributed by atoms with Gasteiger partial charge in [-0.1, -0.05) is 32.0 Å². The Bertz CT molecular complexity index is 534. The molecule has 0 saturated carbocycles. The molecule has 1 aromatic heterocycles. The molecule has 0 saturated heterocycles. The van der Waals surface area contributed by atoms with Gasteiger partial charge in [-0.3, -0.25) is 9.19 Å². The van der Waals surface area contributed by atoms with Crippen molar-refractivity contribution < 1.29 is 4.21 Å². The minimum Gasteiger partial charge on any atom is -0.261 e. The molecule has 2 nitrogen and oxygen atoms in total. The van der Waals surface area contributed by atoms with Crippen molar-refractivity contribution in [1.82, 2.24) is 4.98 Å². The molecular weight excluding hydrogens is 254 g/mol. The second-order valence-electron chi connectivity index (χ2n) is 4.84. The number of rotatable bonds is 5. The molecule has 0 spiro atoms. The molecule has 2 rings (SSSR count). The lowest BCUT2D eigenvalue weighted by Gasteiger charge is -2.07. The third-order valence-corrected chi connectivity index (χ3v) is 4.45. The van der Waals surface area contributed by atoms with Gasteiger partial charge >= 0.3 is 0 Å². The van der Waals surface area contributed by atoms with Crippen LogP contribution in [-0.4, -0.2) is 14.9 Å². The first-order chi connectivity index (χ1) is 9.16. The highest BCUT2D eigenvalue weighted by atomic mass is 32.2. The fraction of sp³-hybridized carbons (Fsp3) is 0.312. The first kappa shape index (κ1) is 13.9. The zero-order chi connectivity index (χ0) is 13.7. The summed E-state index contributed by atoms with van der Waals surface area (Å²) in [5.74, 6) is 1.13. The van der Waals surface area contributed by atoms with Crippen molar-refractivity contribution in [1.29, 1.82) is 0 Å². The Balaban J connectivity index is 1.96. The fourth-order valence-corrected chi connectivity index (χ4v) is 2.94. The largest absolute Gasteiger partial charge is 0.261 e. The van der Waals surface area contributed by atoms with Gasteiger partial charge in [-0.25, -0.2) is 0 Å². The van der Waals surface area contributed by atoms with Crippen molar-refractivity contribution in [3.63, 3.8) is 0 Å². The summed E-state index contributed by atoms with van der Waals surface area (Å²) >= 11 is 0. The summed E-state index contributed by atoms with van der Waals surface area (Å²) in [4.78, 5) is 5.15. The van der Waals surface area contributed by atoms with Gasteiger partial charge in [0.15, 0.2) is 0 Å². The van der Waals surface area contributed by atoms with E-state index in [9.17, 15) is 4.21 Å². The Morgan fingerprint density at radius 1 is 1.11 bits per heavy atom. The van der Waals surface area contributed by atoms with E-state index in [2.05, 4.69) is 31.0 Å². The van der Waals surface area contributed by atoms with Crippen LogP contribution in [0.4, 0.5) is 0 Å². The molecule has 0 fully saturated rings. The van der Waals surface area contributed by atoms with E-state index >= 15 is 0 Å². The molecule has 0 amide bonds. The van der Waals surface area contributed by atoms with Crippen molar-refractivity contribution >= 4 is 10.8 Å². The molecule has 2 aromatic rings. The number of nitrogens with zero attached hydrogens (tertiary/aromatic N) is 1. The summed E-state index contributed by atoms with van der Waals surface area (Å²) in [5, 5.41) is 0. The van der Waals surface area contributed by atoms with Gasteiger partial charge in [0.2, 0.25) is 0 Å². The average Bonchev–Trinajstić information content (AvgIpc) is 2.46. The number of hydrogen-bond acceptors (Lipinski definition) is 2. The maximum atomic E-state index is 12.2. The topological polar surface area (TPSA) is 30.0 Å². The van der Waals surface area contributed by atoms with Crippen molar-refractivity contribution in [2.24, 2.45) is 0 Å². The smallest absolute Gasteiger partial charge is 0.0533 e. The van der Waals surface area contributed by atoms with Crippen LogP contribution in [-0.2, 0) is 17.2 Å². The van der Waals surface area contributed by atoms with Crippen LogP contribution < -0.4 is 0 Å². The molecule has 1 heterocycles. The van der Waals surface area contributed by atoms with E-state index in [1.54, 1.807) is 6.20 Å². The molecule has 1 atom stereocenters. The Morgan fingerprint density at radius 3 is 2.42 bits per heavy atom. The van der Waals surface area contributed by atoms with Crippen molar-refractivity contribution in [3.05, 3.63) is 59.9 Å². The highest BCUT2D eigenvalue weighted by Crippen LogP contribution is 2.16. The summed E-state index contributed by atoms with van der Waals surface area (Å²) in [6.45, 7) is 4.32. The van der Waals surface area contributed by atoms with Crippen molar-refractivity contribution in [3.8, 4) is 0 Å². The lowest BCUT2D eigenvalue weighted by molar-refractivity contribution is 0.682. The molecule has 19 heavy (non-hydrogen) atoms. The van der Waals surface area contributed by atoms with Crippen LogP contribution in [0.25, 0.3) is 0 Å². The SMILES string of the molecule is CC(C)c1ccc(S(=O)CCc2ccccn2)cc1. The zero-order valence-electron chi connectivity index (χ0n) is 11.4. The van der Waals surface area contributed by atoms with Crippen LogP contribution >= 0.6 is 0 Å². The third kappa shape index (κ3) is 4.00. The van der Waals surface area contributed by atoms with Gasteiger partial charge in [0.1, 0.15) is 0 Å². The highest BCUT2D eigenvalue weighted by molar-refractivity contribution is 7.85. The Kier molecular flexibility index (Phi) is 4.86. The Labute approximate surface area is 117 Å². The summed E-state index contributed by atoms with van der Waals surface area (Å²) in [7, 11) is -0.945. The predicted octanol–water partition coefficient (Wildman–Crippen LogP) is 3.56. The summed E-state index contributed by atoms with van der Waals surface area (Å²) in [6.07, 6.45) is 2.52. The molecular formula is C16H19NOS. The van der Waals surface area contributed by atoms with Crippen LogP contribution in [0.5, 0.6) is 0 Å². The summed E-state index contributed by atoms with van der Waals surface area (Å²) in [5.41, 5.74) is 2.28. The number of aryl methyl sites for hydroxylation is 1. The molecule has 1 aromatic carbocycles. The normalized spacial score (nSPS) is 12.6. The molecule has 0 aliphatic rings. The van der Waals surface area contributed by atoms with E-state index in [1.807, 2.05) is 30.3 Å². The molecule has 0 bridgehead atoms. The maximum Gasteiger partial charge on any atom is 0.0533 e. The van der Waals surface area contributed by atoms with E-state index < -0.39 is 10.8 Å². The van der Waals surface area contributed by atoms with Crippen LogP contribution in [0.3, 0.4) is 0 Å². The lowest BCUT2D eigenvalue weighted by atomic mass is 10.0. The number of pyridine rings is 1. The summed E-state index contributed by atoms with van der Waals surface area (Å²) < 4.78 is 12.2. The van der Waals surface area contributed by atoms with E-state index in [0.29, 0.717) is 11.7 Å². The number of hydrogen-bond donors (Lipinski definition) is 0. The predicted molar refractivity (Wildman–Crippen MR) is 79.7 cm³/mol. The van der Waals surface area contributed by atoms with Crippen LogP contribution in [0.15, 0.2) is 53.6 Å². The van der Waals surface area contributed by atoms with Crippen LogP contribution in [0.1, 0.15) is 31.0 Å². The average molecular weight is 273 g/mol. The van der Waals surface area contributed by atoms with Gasteiger partial charge in [-0.2, -0.15) is 0 Å². The first-order valence-corrected chi connectivity index (χ1v) is 7.87. The van der Waals surface area contributed by atoms with E-state index in [0.717, 1.165) is 17.0 Å². The quantitative estimate of drug-likeness (QED) is 0.834. The maximum absolute atomic E-state index is 12.2. The van der Waals surface area contributed by atoms with E-state index in [1.165, 1.54) is 5.56 Å². The van der Waals surface area contributed by atoms with E-state index in [-0.39, 0.29) is 0 Å². The standard InChI is InChI=1S/C16H19NOS/c1-13(2)14-6-8-16(9-7-14)19(18)12-10-15-5-3-4-11-17-15/h3-9,11,13H,10,12H2,1-2H3. The number of benzene rings is 1. The molecule has 0 radical (unpaired) electrons. The lowest BCUT2D eigenvalue weighted by Crippen LogP contribution is -2.03. The molecule has 0 aliphatic carbocycles. The van der Waals surface area contributed by atoms with Crippen molar-refractivity contribution in [2.45, 2.75) is 31.1 Å². The second-order valence-corrected chi connectivity index (χ2v) is 6.42. The minimum absolute atomic E-state index is 0.510. The molecule has 1 unspecified atom stereocenters. The fourth-order valence-electron chi connectivity index (χ4n) is 1.87. The van der Waals surface area contributed by atoms with Crippen LogP contribution in [0.2, 0.25) is 0 Å². The van der Waals surface area contributed by atoms with Gasteiger partial charge in [0, 0.05) is 29.0 Å². The van der Waals surface area contributed by atoms with Gasteiger partial charge in [-0.05, 0) is 35.7 Å². The minimum atomic E-state index is -0.945. The third-order valence-electron chi connectivity index (χ3n) is 3.08. The van der Waals surface area contributed by atoms with Gasteiger partial charge in [0.25, 0.3) is 0 Å². The zero-order valence-corrected chi connectivity index (χ0v) is 12.2.